The van der Waals surface area contributed by atoms with Gasteiger partial charge >= 0.3 is 0 Å². The van der Waals surface area contributed by atoms with Crippen molar-refractivity contribution in [2.45, 2.75) is 18.4 Å². The second-order valence-electron chi connectivity index (χ2n) is 4.08. The van der Waals surface area contributed by atoms with E-state index in [1.807, 2.05) is 0 Å². The summed E-state index contributed by atoms with van der Waals surface area (Å²) >= 11 is 5.92. The van der Waals surface area contributed by atoms with Gasteiger partial charge in [-0.2, -0.15) is 0 Å². The van der Waals surface area contributed by atoms with Gasteiger partial charge in [-0.1, -0.05) is 0 Å². The molecule has 0 aromatic heterocycles. The van der Waals surface area contributed by atoms with Gasteiger partial charge in [0.1, 0.15) is 9.84 Å². The van der Waals surface area contributed by atoms with Crippen molar-refractivity contribution in [1.29, 1.82) is 0 Å². The largest absolute Gasteiger partial charge is 0.381 e. The van der Waals surface area contributed by atoms with E-state index < -0.39 is 9.84 Å². The molecule has 0 unspecified atom stereocenters. The Labute approximate surface area is 96.2 Å². The number of alkyl halides is 1. The lowest BCUT2D eigenvalue weighted by molar-refractivity contribution is 0.0474. The van der Waals surface area contributed by atoms with E-state index in [9.17, 15) is 8.42 Å². The van der Waals surface area contributed by atoms with E-state index in [1.54, 1.807) is 0 Å². The molecule has 15 heavy (non-hydrogen) atoms. The first-order valence-electron chi connectivity index (χ1n) is 5.04. The van der Waals surface area contributed by atoms with Gasteiger partial charge in [0.05, 0.1) is 5.75 Å². The molecule has 1 aliphatic heterocycles. The summed E-state index contributed by atoms with van der Waals surface area (Å²) in [6, 6.07) is 0. The highest BCUT2D eigenvalue weighted by Gasteiger charge is 2.31. The van der Waals surface area contributed by atoms with Crippen LogP contribution in [-0.4, -0.2) is 51.6 Å². The van der Waals surface area contributed by atoms with Crippen molar-refractivity contribution in [3.63, 3.8) is 0 Å². The van der Waals surface area contributed by atoms with Crippen LogP contribution >= 0.6 is 11.6 Å². The maximum Gasteiger partial charge on any atom is 0.148 e. The second-order valence-corrected chi connectivity index (χ2v) is 6.61. The molecule has 0 radical (unpaired) electrons. The van der Waals surface area contributed by atoms with Crippen LogP contribution in [0, 0.1) is 0 Å². The van der Waals surface area contributed by atoms with E-state index >= 15 is 0 Å². The fraction of sp³-hybridized carbons (Fsp3) is 1.00. The molecule has 0 aliphatic carbocycles. The van der Waals surface area contributed by atoms with Crippen LogP contribution < -0.4 is 5.32 Å². The zero-order chi connectivity index (χ0) is 11.4. The van der Waals surface area contributed by atoms with E-state index in [1.165, 1.54) is 6.26 Å². The van der Waals surface area contributed by atoms with Crippen molar-refractivity contribution in [3.05, 3.63) is 0 Å². The molecule has 0 atom stereocenters. The van der Waals surface area contributed by atoms with Crippen LogP contribution in [0.25, 0.3) is 0 Å². The van der Waals surface area contributed by atoms with Crippen molar-refractivity contribution in [3.8, 4) is 0 Å². The number of halogens is 1. The molecule has 0 bridgehead atoms. The molecule has 0 amide bonds. The molecule has 0 saturated carbocycles. The van der Waals surface area contributed by atoms with Crippen LogP contribution in [0.2, 0.25) is 0 Å². The Balaban J connectivity index is 2.39. The summed E-state index contributed by atoms with van der Waals surface area (Å²) in [5.74, 6) is 0.659. The van der Waals surface area contributed by atoms with Crippen LogP contribution in [0.4, 0.5) is 0 Å². The minimum atomic E-state index is -2.90. The molecule has 6 heteroatoms. The summed E-state index contributed by atoms with van der Waals surface area (Å²) in [5.41, 5.74) is -0.134. The fourth-order valence-electron chi connectivity index (χ4n) is 1.62. The molecular weight excluding hydrogens is 238 g/mol. The Morgan fingerprint density at radius 3 is 2.47 bits per heavy atom. The Hall–Kier alpha value is 0.160. The average molecular weight is 256 g/mol. The van der Waals surface area contributed by atoms with E-state index in [4.69, 9.17) is 16.3 Å². The van der Waals surface area contributed by atoms with Gasteiger partial charge in [0.15, 0.2) is 0 Å². The minimum Gasteiger partial charge on any atom is -0.381 e. The van der Waals surface area contributed by atoms with Gasteiger partial charge in [-0.25, -0.2) is 8.42 Å². The lowest BCUT2D eigenvalue weighted by Crippen LogP contribution is -2.52. The first-order chi connectivity index (χ1) is 6.97. The van der Waals surface area contributed by atoms with Crippen molar-refractivity contribution in [1.82, 2.24) is 5.32 Å². The van der Waals surface area contributed by atoms with Crippen LogP contribution in [0.5, 0.6) is 0 Å². The van der Waals surface area contributed by atoms with E-state index in [0.29, 0.717) is 25.6 Å². The number of nitrogens with one attached hydrogen (secondary N) is 1. The summed E-state index contributed by atoms with van der Waals surface area (Å²) in [7, 11) is -2.90. The highest BCUT2D eigenvalue weighted by atomic mass is 35.5. The number of ether oxygens (including phenoxy) is 1. The lowest BCUT2D eigenvalue weighted by atomic mass is 9.92. The van der Waals surface area contributed by atoms with E-state index in [-0.39, 0.29) is 11.3 Å². The van der Waals surface area contributed by atoms with Crippen molar-refractivity contribution < 1.29 is 13.2 Å². The van der Waals surface area contributed by atoms with Crippen molar-refractivity contribution in [2.24, 2.45) is 0 Å². The number of hydrogen-bond acceptors (Lipinski definition) is 4. The zero-order valence-corrected chi connectivity index (χ0v) is 10.5. The van der Waals surface area contributed by atoms with E-state index in [2.05, 4.69) is 5.32 Å². The molecule has 0 aromatic carbocycles. The van der Waals surface area contributed by atoms with Crippen LogP contribution in [0.1, 0.15) is 12.8 Å². The summed E-state index contributed by atoms with van der Waals surface area (Å²) in [4.78, 5) is 0. The molecule has 1 rings (SSSR count). The average Bonchev–Trinajstić information content (AvgIpc) is 2.17. The van der Waals surface area contributed by atoms with Crippen LogP contribution in [0.3, 0.4) is 0 Å². The predicted octanol–water partition coefficient (Wildman–Crippen LogP) is 0.409. The molecular formula is C9H18ClNO3S. The third-order valence-electron chi connectivity index (χ3n) is 2.68. The predicted molar refractivity (Wildman–Crippen MR) is 61.2 cm³/mol. The molecule has 1 heterocycles. The summed E-state index contributed by atoms with van der Waals surface area (Å²) in [6.45, 7) is 1.85. The smallest absolute Gasteiger partial charge is 0.148 e. The lowest BCUT2D eigenvalue weighted by Gasteiger charge is -2.36. The maximum absolute atomic E-state index is 11.0. The maximum atomic E-state index is 11.0. The second kappa shape index (κ2) is 5.48. The Morgan fingerprint density at radius 1 is 1.40 bits per heavy atom. The fourth-order valence-corrected chi connectivity index (χ4v) is 2.46. The Kier molecular flexibility index (Phi) is 4.83. The van der Waals surface area contributed by atoms with Crippen molar-refractivity contribution in [2.75, 3.05) is 37.6 Å². The zero-order valence-electron chi connectivity index (χ0n) is 8.96. The molecule has 1 N–H and O–H groups in total. The summed E-state index contributed by atoms with van der Waals surface area (Å²) < 4.78 is 27.2. The Morgan fingerprint density at radius 2 is 2.00 bits per heavy atom. The van der Waals surface area contributed by atoms with Crippen LogP contribution in [-0.2, 0) is 14.6 Å². The first-order valence-corrected chi connectivity index (χ1v) is 7.63. The third kappa shape index (κ3) is 4.68. The minimum absolute atomic E-state index is 0.134. The van der Waals surface area contributed by atoms with Gasteiger partial charge < -0.3 is 10.1 Å². The molecule has 1 fully saturated rings. The molecule has 1 aliphatic rings. The molecule has 1 saturated heterocycles. The molecule has 0 spiro atoms. The van der Waals surface area contributed by atoms with Crippen molar-refractivity contribution >= 4 is 21.4 Å². The normalized spacial score (nSPS) is 21.5. The Bertz CT molecular complexity index is 286. The van der Waals surface area contributed by atoms with Crippen LogP contribution in [0.15, 0.2) is 0 Å². The van der Waals surface area contributed by atoms with Gasteiger partial charge in [-0.3, -0.25) is 0 Å². The molecule has 4 nitrogen and oxygen atoms in total. The SMILES string of the molecule is CS(=O)(=O)CCNC1(CCl)CCOCC1. The number of rotatable bonds is 5. The van der Waals surface area contributed by atoms with Gasteiger partial charge in [0.25, 0.3) is 0 Å². The molecule has 0 aromatic rings. The van der Waals surface area contributed by atoms with Gasteiger partial charge in [-0.05, 0) is 12.8 Å². The summed E-state index contributed by atoms with van der Waals surface area (Å²) in [5, 5.41) is 3.25. The standard InChI is InChI=1S/C9H18ClNO3S/c1-15(12,13)7-4-11-9(8-10)2-5-14-6-3-9/h11H,2-8H2,1H3. The topological polar surface area (TPSA) is 55.4 Å². The molecule has 90 valence electrons. The first kappa shape index (κ1) is 13.2. The highest BCUT2D eigenvalue weighted by molar-refractivity contribution is 7.90. The van der Waals surface area contributed by atoms with E-state index in [0.717, 1.165) is 12.8 Å². The number of sulfone groups is 1. The number of hydrogen-bond donors (Lipinski definition) is 1. The monoisotopic (exact) mass is 255 g/mol. The van der Waals surface area contributed by atoms with Gasteiger partial charge in [0, 0.05) is 37.4 Å². The quantitative estimate of drug-likeness (QED) is 0.723. The van der Waals surface area contributed by atoms with Gasteiger partial charge in [-0.15, -0.1) is 11.6 Å². The van der Waals surface area contributed by atoms with Gasteiger partial charge in [0.2, 0.25) is 0 Å². The highest BCUT2D eigenvalue weighted by Crippen LogP contribution is 2.21. The summed E-state index contributed by atoms with van der Waals surface area (Å²) in [6.07, 6.45) is 2.94. The third-order valence-corrected chi connectivity index (χ3v) is 4.14.